The Kier molecular flexibility index (Phi) is 5.51. The summed E-state index contributed by atoms with van der Waals surface area (Å²) in [6.07, 6.45) is 1.30. The van der Waals surface area contributed by atoms with Crippen LogP contribution in [0.3, 0.4) is 0 Å². The molecule has 0 N–H and O–H groups in total. The number of ether oxygens (including phenoxy) is 1. The summed E-state index contributed by atoms with van der Waals surface area (Å²) in [6, 6.07) is 14.5. The van der Waals surface area contributed by atoms with Crippen molar-refractivity contribution < 1.29 is 13.2 Å². The van der Waals surface area contributed by atoms with Gasteiger partial charge in [-0.1, -0.05) is 65.2 Å². The van der Waals surface area contributed by atoms with Crippen LogP contribution in [-0.4, -0.2) is 21.3 Å². The largest absolute Gasteiger partial charge is 0.356 e. The Balaban J connectivity index is 2.04. The summed E-state index contributed by atoms with van der Waals surface area (Å²) in [5.74, 6) is 0. The zero-order chi connectivity index (χ0) is 18.0. The molecule has 0 radical (unpaired) electrons. The molecular weight excluding hydrogens is 402 g/mol. The fourth-order valence-corrected chi connectivity index (χ4v) is 5.44. The van der Waals surface area contributed by atoms with Gasteiger partial charge in [-0.3, -0.25) is 0 Å². The summed E-state index contributed by atoms with van der Waals surface area (Å²) in [7, 11) is -3.71. The lowest BCUT2D eigenvalue weighted by Crippen LogP contribution is -2.40. The third-order valence-electron chi connectivity index (χ3n) is 4.32. The van der Waals surface area contributed by atoms with E-state index >= 15 is 0 Å². The van der Waals surface area contributed by atoms with Crippen molar-refractivity contribution in [3.05, 3.63) is 59.7 Å². The van der Waals surface area contributed by atoms with Crippen LogP contribution in [0.25, 0.3) is 0 Å². The number of halogens is 1. The van der Waals surface area contributed by atoms with Crippen LogP contribution in [0.15, 0.2) is 53.4 Å². The molecule has 134 valence electrons. The van der Waals surface area contributed by atoms with Gasteiger partial charge in [0.1, 0.15) is 0 Å². The van der Waals surface area contributed by atoms with Crippen LogP contribution in [0, 0.1) is 6.92 Å². The summed E-state index contributed by atoms with van der Waals surface area (Å²) in [5, 5.41) is 0. The van der Waals surface area contributed by atoms with Gasteiger partial charge in [-0.15, -0.1) is 0 Å². The number of benzene rings is 2. The quantitative estimate of drug-likeness (QED) is 0.495. The van der Waals surface area contributed by atoms with Crippen LogP contribution < -0.4 is 4.31 Å². The number of rotatable bonds is 6. The van der Waals surface area contributed by atoms with Crippen LogP contribution in [0.5, 0.6) is 0 Å². The van der Waals surface area contributed by atoms with E-state index in [0.717, 1.165) is 24.0 Å². The highest BCUT2D eigenvalue weighted by Crippen LogP contribution is 2.47. The van der Waals surface area contributed by atoms with Crippen molar-refractivity contribution in [3.63, 3.8) is 0 Å². The predicted molar refractivity (Wildman–Crippen MR) is 104 cm³/mol. The van der Waals surface area contributed by atoms with Gasteiger partial charge in [-0.2, -0.15) is 0 Å². The van der Waals surface area contributed by atoms with E-state index in [1.54, 1.807) is 12.1 Å². The van der Waals surface area contributed by atoms with Crippen molar-refractivity contribution in [2.24, 2.45) is 0 Å². The number of sulfonamides is 1. The Morgan fingerprint density at radius 3 is 2.48 bits per heavy atom. The van der Waals surface area contributed by atoms with Gasteiger partial charge in [0.15, 0.2) is 6.23 Å². The Bertz CT molecular complexity index is 836. The molecule has 25 heavy (non-hydrogen) atoms. The topological polar surface area (TPSA) is 46.6 Å². The van der Waals surface area contributed by atoms with Gasteiger partial charge in [0.2, 0.25) is 0 Å². The number of hydrogen-bond donors (Lipinski definition) is 0. The molecular formula is C19H22BrNO3S. The van der Waals surface area contributed by atoms with E-state index in [1.807, 2.05) is 43.3 Å². The molecule has 0 aliphatic carbocycles. The van der Waals surface area contributed by atoms with E-state index in [2.05, 4.69) is 22.9 Å². The fourth-order valence-electron chi connectivity index (χ4n) is 2.92. The molecule has 0 saturated heterocycles. The van der Waals surface area contributed by atoms with E-state index in [-0.39, 0.29) is 9.72 Å². The second-order valence-corrected chi connectivity index (χ2v) is 8.99. The van der Waals surface area contributed by atoms with E-state index in [0.29, 0.717) is 12.3 Å². The molecule has 4 nitrogen and oxygen atoms in total. The van der Waals surface area contributed by atoms with Gasteiger partial charge in [0.05, 0.1) is 15.4 Å². The molecule has 0 spiro atoms. The van der Waals surface area contributed by atoms with Crippen LogP contribution in [0.2, 0.25) is 0 Å². The molecule has 1 aliphatic heterocycles. The van der Waals surface area contributed by atoms with Crippen molar-refractivity contribution in [2.75, 3.05) is 10.9 Å². The molecule has 0 aromatic heterocycles. The number of aryl methyl sites for hydroxylation is 1. The van der Waals surface area contributed by atoms with E-state index in [9.17, 15) is 8.42 Å². The van der Waals surface area contributed by atoms with Crippen molar-refractivity contribution >= 4 is 31.6 Å². The fraction of sp³-hybridized carbons (Fsp3) is 0.368. The summed E-state index contributed by atoms with van der Waals surface area (Å²) < 4.78 is 34.0. The Hall–Kier alpha value is -1.37. The molecule has 0 amide bonds. The minimum atomic E-state index is -3.71. The summed E-state index contributed by atoms with van der Waals surface area (Å²) in [6.45, 7) is 4.54. The number of fused-ring (bicyclic) bond motifs is 1. The first kappa shape index (κ1) is 18.4. The lowest BCUT2D eigenvalue weighted by Gasteiger charge is -2.28. The molecule has 1 heterocycles. The Morgan fingerprint density at radius 2 is 1.80 bits per heavy atom. The zero-order valence-corrected chi connectivity index (χ0v) is 16.8. The van der Waals surface area contributed by atoms with Crippen molar-refractivity contribution in [3.8, 4) is 0 Å². The molecule has 2 aromatic rings. The molecule has 2 atom stereocenters. The van der Waals surface area contributed by atoms with Crippen molar-refractivity contribution in [1.82, 2.24) is 0 Å². The number of para-hydroxylation sites is 1. The predicted octanol–water partition coefficient (Wildman–Crippen LogP) is 4.78. The van der Waals surface area contributed by atoms with Gasteiger partial charge in [-0.05, 0) is 37.1 Å². The van der Waals surface area contributed by atoms with Crippen LogP contribution in [0.1, 0.15) is 35.7 Å². The van der Waals surface area contributed by atoms with E-state index in [4.69, 9.17) is 4.74 Å². The SMILES string of the molecule is CCCCO[C@@H]1[C@@H](Br)c2ccccc2N1S(=O)(=O)c1ccc(C)cc1. The Morgan fingerprint density at radius 1 is 1.12 bits per heavy atom. The molecule has 6 heteroatoms. The van der Waals surface area contributed by atoms with Gasteiger partial charge in [0, 0.05) is 6.61 Å². The van der Waals surface area contributed by atoms with Gasteiger partial charge < -0.3 is 4.74 Å². The third-order valence-corrected chi connectivity index (χ3v) is 7.05. The van der Waals surface area contributed by atoms with Crippen LogP contribution in [-0.2, 0) is 14.8 Å². The number of unbranched alkanes of at least 4 members (excludes halogenated alkanes) is 1. The van der Waals surface area contributed by atoms with E-state index in [1.165, 1.54) is 4.31 Å². The molecule has 3 rings (SSSR count). The molecule has 0 unspecified atom stereocenters. The van der Waals surface area contributed by atoms with Crippen LogP contribution in [0.4, 0.5) is 5.69 Å². The maximum absolute atomic E-state index is 13.3. The van der Waals surface area contributed by atoms with Gasteiger partial charge in [-0.25, -0.2) is 12.7 Å². The van der Waals surface area contributed by atoms with Crippen molar-refractivity contribution in [1.29, 1.82) is 0 Å². The first-order valence-corrected chi connectivity index (χ1v) is 10.8. The maximum Gasteiger partial charge on any atom is 0.266 e. The highest BCUT2D eigenvalue weighted by atomic mass is 79.9. The molecule has 2 aromatic carbocycles. The van der Waals surface area contributed by atoms with Gasteiger partial charge in [0.25, 0.3) is 10.0 Å². The van der Waals surface area contributed by atoms with Crippen LogP contribution >= 0.6 is 15.9 Å². The average molecular weight is 424 g/mol. The highest BCUT2D eigenvalue weighted by Gasteiger charge is 2.44. The second kappa shape index (κ2) is 7.48. The highest BCUT2D eigenvalue weighted by molar-refractivity contribution is 9.09. The minimum absolute atomic E-state index is 0.194. The average Bonchev–Trinajstić information content (AvgIpc) is 2.89. The standard InChI is InChI=1S/C19H22BrNO3S/c1-3-4-13-24-19-18(20)16-7-5-6-8-17(16)21(19)25(22,23)15-11-9-14(2)10-12-15/h5-12,18-19H,3-4,13H2,1-2H3/t18-,19+/m0/s1. The lowest BCUT2D eigenvalue weighted by molar-refractivity contribution is 0.0643. The van der Waals surface area contributed by atoms with Gasteiger partial charge >= 0.3 is 0 Å². The first-order valence-electron chi connectivity index (χ1n) is 8.42. The maximum atomic E-state index is 13.3. The smallest absolute Gasteiger partial charge is 0.266 e. The lowest BCUT2D eigenvalue weighted by atomic mass is 10.2. The summed E-state index contributed by atoms with van der Waals surface area (Å²) in [4.78, 5) is 0.0828. The molecule has 0 bridgehead atoms. The summed E-state index contributed by atoms with van der Waals surface area (Å²) >= 11 is 3.64. The molecule has 1 aliphatic rings. The first-order chi connectivity index (χ1) is 12.0. The minimum Gasteiger partial charge on any atom is -0.356 e. The normalized spacial score (nSPS) is 19.9. The number of nitrogens with zero attached hydrogens (tertiary/aromatic N) is 1. The molecule has 0 saturated carbocycles. The Labute approximate surface area is 158 Å². The monoisotopic (exact) mass is 423 g/mol. The number of anilines is 1. The van der Waals surface area contributed by atoms with Crippen molar-refractivity contribution in [2.45, 2.75) is 42.6 Å². The molecule has 0 fully saturated rings. The van der Waals surface area contributed by atoms with E-state index < -0.39 is 16.3 Å². The zero-order valence-electron chi connectivity index (χ0n) is 14.4. The number of hydrogen-bond acceptors (Lipinski definition) is 3. The summed E-state index contributed by atoms with van der Waals surface area (Å²) in [5.41, 5.74) is 2.63. The third kappa shape index (κ3) is 3.48. The number of alkyl halides is 1. The second-order valence-electron chi connectivity index (χ2n) is 6.19.